The average molecular weight is 249 g/mol. The van der Waals surface area contributed by atoms with Crippen molar-refractivity contribution in [2.24, 2.45) is 5.84 Å². The second-order valence-electron chi connectivity index (χ2n) is 4.03. The van der Waals surface area contributed by atoms with Crippen LogP contribution in [0.15, 0.2) is 18.3 Å². The standard InChI is InChI=1S/C11H15N5O2/c12-15-11(18)8-2-1-3-13-9(8)6-16-5-4-14-10(17)7-16/h1-3H,4-7,12H2,(H,14,17)(H,15,18). The first kappa shape index (κ1) is 12.5. The van der Waals surface area contributed by atoms with Gasteiger partial charge < -0.3 is 5.32 Å². The number of nitrogen functional groups attached to an aromatic ring is 1. The summed E-state index contributed by atoms with van der Waals surface area (Å²) in [6.45, 7) is 2.13. The van der Waals surface area contributed by atoms with Gasteiger partial charge in [-0.05, 0) is 12.1 Å². The third-order valence-corrected chi connectivity index (χ3v) is 2.76. The van der Waals surface area contributed by atoms with E-state index in [1.807, 2.05) is 4.90 Å². The van der Waals surface area contributed by atoms with Crippen LogP contribution >= 0.6 is 0 Å². The maximum Gasteiger partial charge on any atom is 0.267 e. The molecule has 7 nitrogen and oxygen atoms in total. The molecule has 18 heavy (non-hydrogen) atoms. The first-order valence-corrected chi connectivity index (χ1v) is 5.64. The van der Waals surface area contributed by atoms with Crippen LogP contribution in [0.25, 0.3) is 0 Å². The Morgan fingerprint density at radius 3 is 3.17 bits per heavy atom. The molecule has 0 saturated carbocycles. The predicted molar refractivity (Wildman–Crippen MR) is 64.2 cm³/mol. The van der Waals surface area contributed by atoms with Crippen LogP contribution in [0.2, 0.25) is 0 Å². The normalized spacial score (nSPS) is 16.2. The van der Waals surface area contributed by atoms with Crippen LogP contribution in [-0.2, 0) is 11.3 Å². The van der Waals surface area contributed by atoms with Crippen LogP contribution in [-0.4, -0.2) is 41.3 Å². The van der Waals surface area contributed by atoms with Gasteiger partial charge in [0.15, 0.2) is 0 Å². The van der Waals surface area contributed by atoms with E-state index in [1.165, 1.54) is 0 Å². The predicted octanol–water partition coefficient (Wildman–Crippen LogP) is -1.38. The number of pyridine rings is 1. The first-order valence-electron chi connectivity index (χ1n) is 5.64. The fraction of sp³-hybridized carbons (Fsp3) is 0.364. The van der Waals surface area contributed by atoms with Crippen molar-refractivity contribution < 1.29 is 9.59 Å². The zero-order chi connectivity index (χ0) is 13.0. The van der Waals surface area contributed by atoms with Crippen LogP contribution in [0.5, 0.6) is 0 Å². The number of piperazine rings is 1. The Morgan fingerprint density at radius 1 is 1.61 bits per heavy atom. The van der Waals surface area contributed by atoms with Crippen LogP contribution < -0.4 is 16.6 Å². The van der Waals surface area contributed by atoms with Crippen molar-refractivity contribution in [2.75, 3.05) is 19.6 Å². The molecular formula is C11H15N5O2. The molecule has 1 aliphatic heterocycles. The number of hydrazine groups is 1. The Labute approximate surface area is 104 Å². The SMILES string of the molecule is NNC(=O)c1cccnc1CN1CCNC(=O)C1. The van der Waals surface area contributed by atoms with Crippen LogP contribution in [0.1, 0.15) is 16.1 Å². The third-order valence-electron chi connectivity index (χ3n) is 2.76. The van der Waals surface area contributed by atoms with Crippen molar-refractivity contribution in [1.82, 2.24) is 20.6 Å². The average Bonchev–Trinajstić information content (AvgIpc) is 2.38. The molecule has 0 unspecified atom stereocenters. The number of aromatic nitrogens is 1. The smallest absolute Gasteiger partial charge is 0.267 e. The summed E-state index contributed by atoms with van der Waals surface area (Å²) in [5, 5.41) is 2.75. The molecule has 0 atom stereocenters. The highest BCUT2D eigenvalue weighted by molar-refractivity contribution is 5.94. The molecule has 2 rings (SSSR count). The van der Waals surface area contributed by atoms with E-state index in [1.54, 1.807) is 18.3 Å². The van der Waals surface area contributed by atoms with Crippen LogP contribution in [0, 0.1) is 0 Å². The fourth-order valence-electron chi connectivity index (χ4n) is 1.89. The quantitative estimate of drug-likeness (QED) is 0.348. The fourth-order valence-corrected chi connectivity index (χ4v) is 1.89. The number of nitrogens with zero attached hydrogens (tertiary/aromatic N) is 2. The lowest BCUT2D eigenvalue weighted by molar-refractivity contribution is -0.124. The highest BCUT2D eigenvalue weighted by atomic mass is 16.2. The van der Waals surface area contributed by atoms with Crippen molar-refractivity contribution in [3.63, 3.8) is 0 Å². The minimum atomic E-state index is -0.375. The molecule has 96 valence electrons. The lowest BCUT2D eigenvalue weighted by Gasteiger charge is -2.26. The van der Waals surface area contributed by atoms with E-state index >= 15 is 0 Å². The Bertz CT molecular complexity index is 463. The van der Waals surface area contributed by atoms with Gasteiger partial charge in [-0.15, -0.1) is 0 Å². The second-order valence-corrected chi connectivity index (χ2v) is 4.03. The molecule has 4 N–H and O–H groups in total. The summed E-state index contributed by atoms with van der Waals surface area (Å²) in [6, 6.07) is 3.34. The number of carbonyl (C=O) groups is 2. The van der Waals surface area contributed by atoms with Crippen molar-refractivity contribution in [3.8, 4) is 0 Å². The summed E-state index contributed by atoms with van der Waals surface area (Å²) in [7, 11) is 0. The molecule has 0 spiro atoms. The first-order chi connectivity index (χ1) is 8.70. The van der Waals surface area contributed by atoms with Gasteiger partial charge in [0.25, 0.3) is 5.91 Å². The van der Waals surface area contributed by atoms with Gasteiger partial charge in [-0.3, -0.25) is 24.9 Å². The van der Waals surface area contributed by atoms with E-state index in [4.69, 9.17) is 5.84 Å². The number of amides is 2. The molecule has 2 heterocycles. The summed E-state index contributed by atoms with van der Waals surface area (Å²) in [4.78, 5) is 28.9. The van der Waals surface area contributed by atoms with Gasteiger partial charge in [-0.2, -0.15) is 0 Å². The summed E-state index contributed by atoms with van der Waals surface area (Å²) < 4.78 is 0. The summed E-state index contributed by atoms with van der Waals surface area (Å²) >= 11 is 0. The molecule has 1 saturated heterocycles. The number of rotatable bonds is 3. The molecule has 7 heteroatoms. The number of carbonyl (C=O) groups excluding carboxylic acids is 2. The molecule has 0 radical (unpaired) electrons. The topological polar surface area (TPSA) is 100 Å². The summed E-state index contributed by atoms with van der Waals surface area (Å²) in [6.07, 6.45) is 1.62. The number of nitrogens with one attached hydrogen (secondary N) is 2. The van der Waals surface area contributed by atoms with Crippen LogP contribution in [0.4, 0.5) is 0 Å². The molecule has 1 aromatic heterocycles. The van der Waals surface area contributed by atoms with Gasteiger partial charge in [-0.1, -0.05) is 0 Å². The van der Waals surface area contributed by atoms with E-state index in [2.05, 4.69) is 15.7 Å². The van der Waals surface area contributed by atoms with Gasteiger partial charge in [0, 0.05) is 25.8 Å². The molecule has 1 aromatic rings. The monoisotopic (exact) mass is 249 g/mol. The Morgan fingerprint density at radius 2 is 2.44 bits per heavy atom. The lowest BCUT2D eigenvalue weighted by atomic mass is 10.1. The maximum absolute atomic E-state index is 11.6. The maximum atomic E-state index is 11.6. The second kappa shape index (κ2) is 5.56. The van der Waals surface area contributed by atoms with E-state index in [-0.39, 0.29) is 11.8 Å². The molecule has 0 bridgehead atoms. The number of hydrogen-bond acceptors (Lipinski definition) is 5. The molecule has 1 fully saturated rings. The molecule has 1 aliphatic rings. The third kappa shape index (κ3) is 2.82. The van der Waals surface area contributed by atoms with Crippen LogP contribution in [0.3, 0.4) is 0 Å². The van der Waals surface area contributed by atoms with Gasteiger partial charge in [0.2, 0.25) is 5.91 Å². The Kier molecular flexibility index (Phi) is 3.85. The largest absolute Gasteiger partial charge is 0.354 e. The summed E-state index contributed by atoms with van der Waals surface area (Å²) in [5.41, 5.74) is 3.15. The molecule has 2 amide bonds. The van der Waals surface area contributed by atoms with Gasteiger partial charge >= 0.3 is 0 Å². The zero-order valence-electron chi connectivity index (χ0n) is 9.85. The van der Waals surface area contributed by atoms with Crippen molar-refractivity contribution >= 4 is 11.8 Å². The van der Waals surface area contributed by atoms with Crippen molar-refractivity contribution in [2.45, 2.75) is 6.54 Å². The minimum absolute atomic E-state index is 0.0120. The molecule has 0 aliphatic carbocycles. The van der Waals surface area contributed by atoms with Gasteiger partial charge in [0.1, 0.15) is 0 Å². The minimum Gasteiger partial charge on any atom is -0.354 e. The van der Waals surface area contributed by atoms with E-state index in [0.717, 1.165) is 6.54 Å². The molecular weight excluding hydrogens is 234 g/mol. The van der Waals surface area contributed by atoms with E-state index < -0.39 is 0 Å². The van der Waals surface area contributed by atoms with Gasteiger partial charge in [-0.25, -0.2) is 5.84 Å². The van der Waals surface area contributed by atoms with E-state index in [0.29, 0.717) is 30.9 Å². The Hall–Kier alpha value is -1.99. The van der Waals surface area contributed by atoms with E-state index in [9.17, 15) is 9.59 Å². The van der Waals surface area contributed by atoms with Crippen molar-refractivity contribution in [1.29, 1.82) is 0 Å². The molecule has 0 aromatic carbocycles. The number of hydrogen-bond donors (Lipinski definition) is 3. The highest BCUT2D eigenvalue weighted by Gasteiger charge is 2.19. The van der Waals surface area contributed by atoms with Crippen molar-refractivity contribution in [3.05, 3.63) is 29.6 Å². The lowest BCUT2D eigenvalue weighted by Crippen LogP contribution is -2.47. The highest BCUT2D eigenvalue weighted by Crippen LogP contribution is 2.09. The number of nitrogens with two attached hydrogens (primary N) is 1. The zero-order valence-corrected chi connectivity index (χ0v) is 9.85. The Balaban J connectivity index is 2.13. The van der Waals surface area contributed by atoms with Gasteiger partial charge in [0.05, 0.1) is 17.8 Å². The summed E-state index contributed by atoms with van der Waals surface area (Å²) in [5.74, 6) is 4.74.